The van der Waals surface area contributed by atoms with E-state index in [1.165, 1.54) is 32.4 Å². The second kappa shape index (κ2) is 4.32. The van der Waals surface area contributed by atoms with Gasteiger partial charge in [-0.15, -0.1) is 0 Å². The van der Waals surface area contributed by atoms with Gasteiger partial charge in [0.1, 0.15) is 5.82 Å². The Morgan fingerprint density at radius 3 is 2.35 bits per heavy atom. The van der Waals surface area contributed by atoms with Crippen molar-refractivity contribution in [3.63, 3.8) is 0 Å². The summed E-state index contributed by atoms with van der Waals surface area (Å²) >= 11 is 0. The third-order valence-corrected chi connectivity index (χ3v) is 2.27. The van der Waals surface area contributed by atoms with E-state index < -0.39 is 5.82 Å². The van der Waals surface area contributed by atoms with Crippen LogP contribution < -0.4 is 15.2 Å². The van der Waals surface area contributed by atoms with E-state index in [1.54, 1.807) is 0 Å². The van der Waals surface area contributed by atoms with Gasteiger partial charge in [-0.2, -0.15) is 0 Å². The summed E-state index contributed by atoms with van der Waals surface area (Å²) in [5.41, 5.74) is 5.62. The Kier molecular flexibility index (Phi) is 2.86. The quantitative estimate of drug-likeness (QED) is 0.886. The fourth-order valence-electron chi connectivity index (χ4n) is 1.46. The highest BCUT2D eigenvalue weighted by Gasteiger charge is 2.15. The molecule has 0 saturated carbocycles. The van der Waals surface area contributed by atoms with Crippen LogP contribution >= 0.6 is 0 Å². The van der Waals surface area contributed by atoms with Crippen LogP contribution in [0.3, 0.4) is 0 Å². The monoisotopic (exact) mass is 238 g/mol. The molecule has 0 bridgehead atoms. The lowest BCUT2D eigenvalue weighted by Crippen LogP contribution is -1.93. The highest BCUT2D eigenvalue weighted by Crippen LogP contribution is 2.35. The first-order valence-electron chi connectivity index (χ1n) is 4.79. The summed E-state index contributed by atoms with van der Waals surface area (Å²) < 4.78 is 28.7. The molecule has 2 rings (SSSR count). The third-order valence-electron chi connectivity index (χ3n) is 2.27. The van der Waals surface area contributed by atoms with E-state index in [9.17, 15) is 4.39 Å². The molecule has 0 aliphatic rings. The van der Waals surface area contributed by atoms with Gasteiger partial charge < -0.3 is 19.7 Å². The Morgan fingerprint density at radius 2 is 1.82 bits per heavy atom. The smallest absolute Gasteiger partial charge is 0.172 e. The number of rotatable bonds is 3. The molecule has 0 unspecified atom stereocenters. The number of hydrogen-bond donors (Lipinski definition) is 1. The number of methoxy groups -OCH3 is 2. The molecule has 1 heterocycles. The van der Waals surface area contributed by atoms with Crippen molar-refractivity contribution in [1.82, 2.24) is 5.16 Å². The zero-order valence-corrected chi connectivity index (χ0v) is 9.36. The minimum absolute atomic E-state index is 0.189. The zero-order chi connectivity index (χ0) is 12.4. The van der Waals surface area contributed by atoms with Gasteiger partial charge in [-0.05, 0) is 6.07 Å². The predicted molar refractivity (Wildman–Crippen MR) is 59.4 cm³/mol. The second-order valence-electron chi connectivity index (χ2n) is 3.30. The lowest BCUT2D eigenvalue weighted by atomic mass is 10.1. The van der Waals surface area contributed by atoms with Gasteiger partial charge in [0.2, 0.25) is 0 Å². The Balaban J connectivity index is 2.55. The number of benzene rings is 1. The van der Waals surface area contributed by atoms with Crippen molar-refractivity contribution in [2.75, 3.05) is 20.0 Å². The molecular formula is C11H11FN2O3. The van der Waals surface area contributed by atoms with Crippen LogP contribution in [0.4, 0.5) is 10.2 Å². The largest absolute Gasteiger partial charge is 0.493 e. The molecule has 0 amide bonds. The van der Waals surface area contributed by atoms with Crippen molar-refractivity contribution < 1.29 is 18.4 Å². The first-order valence-corrected chi connectivity index (χ1v) is 4.79. The van der Waals surface area contributed by atoms with Crippen LogP contribution in [0.25, 0.3) is 11.3 Å². The normalized spacial score (nSPS) is 10.3. The van der Waals surface area contributed by atoms with E-state index in [0.717, 1.165) is 0 Å². The van der Waals surface area contributed by atoms with Gasteiger partial charge in [-0.25, -0.2) is 4.39 Å². The first kappa shape index (κ1) is 11.3. The molecular weight excluding hydrogens is 227 g/mol. The average molecular weight is 238 g/mol. The molecule has 0 fully saturated rings. The number of halogens is 1. The Hall–Kier alpha value is -2.24. The first-order chi connectivity index (χ1) is 8.15. The van der Waals surface area contributed by atoms with Crippen molar-refractivity contribution in [2.24, 2.45) is 0 Å². The molecule has 1 aromatic carbocycles. The van der Waals surface area contributed by atoms with Crippen LogP contribution in [0.2, 0.25) is 0 Å². The molecule has 0 radical (unpaired) electrons. The fraction of sp³-hybridized carbons (Fsp3) is 0.182. The molecule has 2 N–H and O–H groups in total. The summed E-state index contributed by atoms with van der Waals surface area (Å²) in [7, 11) is 2.90. The molecule has 0 spiro atoms. The predicted octanol–water partition coefficient (Wildman–Crippen LogP) is 2.08. The summed E-state index contributed by atoms with van der Waals surface area (Å²) in [6.07, 6.45) is 0. The summed E-state index contributed by atoms with van der Waals surface area (Å²) in [6.45, 7) is 0. The summed E-state index contributed by atoms with van der Waals surface area (Å²) in [5.74, 6) is 0.633. The third kappa shape index (κ3) is 2.01. The number of hydrogen-bond acceptors (Lipinski definition) is 5. The van der Waals surface area contributed by atoms with Crippen LogP contribution in [-0.2, 0) is 0 Å². The van der Waals surface area contributed by atoms with Gasteiger partial charge in [0, 0.05) is 12.1 Å². The highest BCUT2D eigenvalue weighted by molar-refractivity contribution is 5.65. The number of aromatic nitrogens is 1. The van der Waals surface area contributed by atoms with Crippen LogP contribution in [0.15, 0.2) is 22.7 Å². The highest BCUT2D eigenvalue weighted by atomic mass is 19.1. The molecule has 1 aromatic heterocycles. The molecule has 0 aliphatic heterocycles. The maximum Gasteiger partial charge on any atom is 0.172 e. The van der Waals surface area contributed by atoms with Gasteiger partial charge in [0.15, 0.2) is 23.1 Å². The number of nitrogens with two attached hydrogens (primary N) is 1. The van der Waals surface area contributed by atoms with Gasteiger partial charge in [-0.1, -0.05) is 5.16 Å². The number of anilines is 1. The molecule has 0 saturated heterocycles. The van der Waals surface area contributed by atoms with Crippen molar-refractivity contribution >= 4 is 5.82 Å². The SMILES string of the molecule is COc1cc(F)c(-c2cc(N)no2)cc1OC. The number of ether oxygens (including phenoxy) is 2. The Morgan fingerprint density at radius 1 is 1.18 bits per heavy atom. The van der Waals surface area contributed by atoms with E-state index >= 15 is 0 Å². The van der Waals surface area contributed by atoms with Crippen LogP contribution in [-0.4, -0.2) is 19.4 Å². The summed E-state index contributed by atoms with van der Waals surface area (Å²) in [6, 6.07) is 4.12. The summed E-state index contributed by atoms with van der Waals surface area (Å²) in [5, 5.41) is 3.50. The van der Waals surface area contributed by atoms with Gasteiger partial charge in [0.25, 0.3) is 0 Å². The van der Waals surface area contributed by atoms with E-state index in [2.05, 4.69) is 5.16 Å². The maximum absolute atomic E-state index is 13.8. The molecule has 6 heteroatoms. The van der Waals surface area contributed by atoms with Crippen LogP contribution in [0.1, 0.15) is 0 Å². The topological polar surface area (TPSA) is 70.5 Å². The molecule has 5 nitrogen and oxygen atoms in total. The molecule has 0 aliphatic carbocycles. The van der Waals surface area contributed by atoms with E-state index in [0.29, 0.717) is 11.5 Å². The van der Waals surface area contributed by atoms with E-state index in [-0.39, 0.29) is 17.1 Å². The van der Waals surface area contributed by atoms with Crippen molar-refractivity contribution in [2.45, 2.75) is 0 Å². The fourth-order valence-corrected chi connectivity index (χ4v) is 1.46. The number of nitrogens with zero attached hydrogens (tertiary/aromatic N) is 1. The molecule has 2 aromatic rings. The standard InChI is InChI=1S/C11H11FN2O3/c1-15-9-3-6(7(12)4-10(9)16-2)8-5-11(13)14-17-8/h3-5H,1-2H3,(H2,13,14). The molecule has 90 valence electrons. The molecule has 17 heavy (non-hydrogen) atoms. The number of nitrogen functional groups attached to an aromatic ring is 1. The zero-order valence-electron chi connectivity index (χ0n) is 9.36. The Labute approximate surface area is 96.9 Å². The van der Waals surface area contributed by atoms with Crippen LogP contribution in [0.5, 0.6) is 11.5 Å². The van der Waals surface area contributed by atoms with Gasteiger partial charge in [-0.3, -0.25) is 0 Å². The molecule has 0 atom stereocenters. The van der Waals surface area contributed by atoms with Crippen molar-refractivity contribution in [3.8, 4) is 22.8 Å². The maximum atomic E-state index is 13.8. The van der Waals surface area contributed by atoms with E-state index in [1.807, 2.05) is 0 Å². The lowest BCUT2D eigenvalue weighted by molar-refractivity contribution is 0.352. The average Bonchev–Trinajstić information content (AvgIpc) is 2.75. The lowest BCUT2D eigenvalue weighted by Gasteiger charge is -2.09. The minimum Gasteiger partial charge on any atom is -0.493 e. The second-order valence-corrected chi connectivity index (χ2v) is 3.30. The van der Waals surface area contributed by atoms with Gasteiger partial charge in [0.05, 0.1) is 19.8 Å². The van der Waals surface area contributed by atoms with E-state index in [4.69, 9.17) is 19.7 Å². The summed E-state index contributed by atoms with van der Waals surface area (Å²) in [4.78, 5) is 0. The van der Waals surface area contributed by atoms with Crippen molar-refractivity contribution in [1.29, 1.82) is 0 Å². The minimum atomic E-state index is -0.501. The van der Waals surface area contributed by atoms with Gasteiger partial charge >= 0.3 is 0 Å². The Bertz CT molecular complexity index is 540. The van der Waals surface area contributed by atoms with Crippen molar-refractivity contribution in [3.05, 3.63) is 24.0 Å². The van der Waals surface area contributed by atoms with Crippen LogP contribution in [0, 0.1) is 5.82 Å².